The second kappa shape index (κ2) is 9.48. The topological polar surface area (TPSA) is 101 Å². The Kier molecular flexibility index (Phi) is 6.54. The lowest BCUT2D eigenvalue weighted by Gasteiger charge is -2.12. The number of rotatable bonds is 7. The molecule has 1 N–H and O–H groups in total. The van der Waals surface area contributed by atoms with Gasteiger partial charge in [-0.3, -0.25) is 4.98 Å². The minimum Gasteiger partial charge on any atom is -0.460 e. The molecule has 1 aromatic carbocycles. The number of carbonyl (C=O) groups is 1. The number of aromatic nitrogens is 3. The highest BCUT2D eigenvalue weighted by Gasteiger charge is 2.16. The Labute approximate surface area is 166 Å². The number of benzene rings is 1. The number of ether oxygens (including phenoxy) is 1. The second-order valence-corrected chi connectivity index (χ2v) is 6.33. The molecule has 2 heterocycles. The predicted octanol–water partition coefficient (Wildman–Crippen LogP) is 3.40. The SMILES string of the molecule is CSc1nc(NCCOC(=O)c2ccncc2)c(C#N)c(-c2ccccc2)n1. The lowest BCUT2D eigenvalue weighted by molar-refractivity contribution is 0.0520. The number of nitriles is 1. The fraction of sp³-hybridized carbons (Fsp3) is 0.150. The third-order valence-corrected chi connectivity index (χ3v) is 4.32. The van der Waals surface area contributed by atoms with E-state index in [1.54, 1.807) is 12.1 Å². The molecule has 0 unspecified atom stereocenters. The molecule has 0 bridgehead atoms. The molecule has 3 aromatic rings. The molecule has 0 aliphatic rings. The minimum atomic E-state index is -0.429. The van der Waals surface area contributed by atoms with Gasteiger partial charge >= 0.3 is 5.97 Å². The van der Waals surface area contributed by atoms with E-state index in [1.807, 2.05) is 36.6 Å². The van der Waals surface area contributed by atoms with Crippen molar-refractivity contribution in [2.24, 2.45) is 0 Å². The quantitative estimate of drug-likeness (QED) is 0.283. The van der Waals surface area contributed by atoms with Crippen LogP contribution >= 0.6 is 11.8 Å². The molecule has 8 heteroatoms. The van der Waals surface area contributed by atoms with Crippen molar-refractivity contribution >= 4 is 23.5 Å². The number of carbonyl (C=O) groups excluding carboxylic acids is 1. The van der Waals surface area contributed by atoms with E-state index in [-0.39, 0.29) is 6.61 Å². The molecule has 3 rings (SSSR count). The summed E-state index contributed by atoms with van der Waals surface area (Å²) in [5.74, 6) is -0.0113. The highest BCUT2D eigenvalue weighted by molar-refractivity contribution is 7.98. The minimum absolute atomic E-state index is 0.130. The van der Waals surface area contributed by atoms with Crippen LogP contribution in [0.5, 0.6) is 0 Å². The highest BCUT2D eigenvalue weighted by atomic mass is 32.2. The van der Waals surface area contributed by atoms with Gasteiger partial charge < -0.3 is 10.1 Å². The summed E-state index contributed by atoms with van der Waals surface area (Å²) in [4.78, 5) is 24.7. The van der Waals surface area contributed by atoms with Gasteiger partial charge in [-0.05, 0) is 18.4 Å². The summed E-state index contributed by atoms with van der Waals surface area (Å²) < 4.78 is 5.23. The maximum Gasteiger partial charge on any atom is 0.338 e. The maximum absolute atomic E-state index is 12.0. The van der Waals surface area contributed by atoms with Gasteiger partial charge in [-0.2, -0.15) is 5.26 Å². The Morgan fingerprint density at radius 3 is 2.61 bits per heavy atom. The summed E-state index contributed by atoms with van der Waals surface area (Å²) in [6, 6.07) is 14.8. The van der Waals surface area contributed by atoms with E-state index in [4.69, 9.17) is 4.74 Å². The van der Waals surface area contributed by atoms with Crippen LogP contribution in [0.2, 0.25) is 0 Å². The average Bonchev–Trinajstić information content (AvgIpc) is 2.77. The van der Waals surface area contributed by atoms with E-state index in [1.165, 1.54) is 24.2 Å². The molecule has 0 aliphatic carbocycles. The third kappa shape index (κ3) is 4.64. The van der Waals surface area contributed by atoms with Crippen LogP contribution in [0.15, 0.2) is 60.0 Å². The van der Waals surface area contributed by atoms with Crippen LogP contribution in [-0.2, 0) is 4.74 Å². The van der Waals surface area contributed by atoms with Crippen LogP contribution in [0.3, 0.4) is 0 Å². The lowest BCUT2D eigenvalue weighted by Crippen LogP contribution is -2.16. The van der Waals surface area contributed by atoms with Crippen LogP contribution in [0.1, 0.15) is 15.9 Å². The van der Waals surface area contributed by atoms with Crippen molar-refractivity contribution in [1.29, 1.82) is 5.26 Å². The predicted molar refractivity (Wildman–Crippen MR) is 107 cm³/mol. The fourth-order valence-electron chi connectivity index (χ4n) is 2.45. The molecular formula is C20H17N5O2S. The molecule has 0 aliphatic heterocycles. The first-order valence-corrected chi connectivity index (χ1v) is 9.68. The zero-order chi connectivity index (χ0) is 19.8. The third-order valence-electron chi connectivity index (χ3n) is 3.77. The molecular weight excluding hydrogens is 374 g/mol. The average molecular weight is 391 g/mol. The van der Waals surface area contributed by atoms with Crippen molar-refractivity contribution in [3.63, 3.8) is 0 Å². The molecule has 0 saturated carbocycles. The monoisotopic (exact) mass is 391 g/mol. The van der Waals surface area contributed by atoms with Crippen molar-refractivity contribution < 1.29 is 9.53 Å². The number of anilines is 1. The summed E-state index contributed by atoms with van der Waals surface area (Å²) in [6.07, 6.45) is 4.93. The molecule has 0 atom stereocenters. The molecule has 140 valence electrons. The summed E-state index contributed by atoms with van der Waals surface area (Å²) in [5.41, 5.74) is 2.19. The highest BCUT2D eigenvalue weighted by Crippen LogP contribution is 2.28. The Balaban J connectivity index is 1.73. The van der Waals surface area contributed by atoms with Crippen molar-refractivity contribution in [3.8, 4) is 17.3 Å². The number of pyridine rings is 1. The summed E-state index contributed by atoms with van der Waals surface area (Å²) in [5, 5.41) is 13.3. The molecule has 2 aromatic heterocycles. The van der Waals surface area contributed by atoms with Crippen LogP contribution in [0.25, 0.3) is 11.3 Å². The van der Waals surface area contributed by atoms with E-state index >= 15 is 0 Å². The maximum atomic E-state index is 12.0. The van der Waals surface area contributed by atoms with E-state index in [9.17, 15) is 10.1 Å². The van der Waals surface area contributed by atoms with Crippen LogP contribution < -0.4 is 5.32 Å². The van der Waals surface area contributed by atoms with Gasteiger partial charge in [0, 0.05) is 18.0 Å². The number of nitrogens with one attached hydrogen (secondary N) is 1. The number of nitrogens with zero attached hydrogens (tertiary/aromatic N) is 4. The number of thioether (sulfide) groups is 1. The van der Waals surface area contributed by atoms with Gasteiger partial charge in [-0.1, -0.05) is 42.1 Å². The van der Waals surface area contributed by atoms with Crippen LogP contribution in [0, 0.1) is 11.3 Å². The molecule has 7 nitrogen and oxygen atoms in total. The van der Waals surface area contributed by atoms with Gasteiger partial charge in [0.1, 0.15) is 24.1 Å². The van der Waals surface area contributed by atoms with Crippen LogP contribution in [0.4, 0.5) is 5.82 Å². The first kappa shape index (κ1) is 19.3. The van der Waals surface area contributed by atoms with Gasteiger partial charge in [-0.25, -0.2) is 14.8 Å². The molecule has 0 radical (unpaired) electrons. The standard InChI is InChI=1S/C20H17N5O2S/c1-28-20-24-17(14-5-3-2-4-6-14)16(13-21)18(25-20)23-11-12-27-19(26)15-7-9-22-10-8-15/h2-10H,11-12H2,1H3,(H,23,24,25). The van der Waals surface area contributed by atoms with E-state index in [2.05, 4.69) is 26.3 Å². The lowest BCUT2D eigenvalue weighted by atomic mass is 10.1. The molecule has 0 amide bonds. The molecule has 0 spiro atoms. The Hall–Kier alpha value is -3.44. The van der Waals surface area contributed by atoms with E-state index < -0.39 is 5.97 Å². The largest absolute Gasteiger partial charge is 0.460 e. The summed E-state index contributed by atoms with van der Waals surface area (Å²) >= 11 is 1.39. The van der Waals surface area contributed by atoms with Crippen molar-refractivity contribution in [2.45, 2.75) is 5.16 Å². The van der Waals surface area contributed by atoms with E-state index in [0.29, 0.717) is 34.3 Å². The zero-order valence-corrected chi connectivity index (χ0v) is 15.9. The molecule has 0 fully saturated rings. The van der Waals surface area contributed by atoms with Gasteiger partial charge in [0.2, 0.25) is 0 Å². The Morgan fingerprint density at radius 2 is 1.93 bits per heavy atom. The van der Waals surface area contributed by atoms with Crippen LogP contribution in [-0.4, -0.2) is 40.3 Å². The van der Waals surface area contributed by atoms with Gasteiger partial charge in [0.15, 0.2) is 5.16 Å². The van der Waals surface area contributed by atoms with Gasteiger partial charge in [-0.15, -0.1) is 0 Å². The fourth-order valence-corrected chi connectivity index (χ4v) is 2.82. The smallest absolute Gasteiger partial charge is 0.338 e. The zero-order valence-electron chi connectivity index (χ0n) is 15.1. The number of esters is 1. The molecule has 0 saturated heterocycles. The normalized spacial score (nSPS) is 10.1. The van der Waals surface area contributed by atoms with Gasteiger partial charge in [0.25, 0.3) is 0 Å². The summed E-state index contributed by atoms with van der Waals surface area (Å²) in [6.45, 7) is 0.440. The summed E-state index contributed by atoms with van der Waals surface area (Å²) in [7, 11) is 0. The van der Waals surface area contributed by atoms with Gasteiger partial charge in [0.05, 0.1) is 17.8 Å². The first-order valence-electron chi connectivity index (χ1n) is 8.45. The Bertz CT molecular complexity index is 991. The van der Waals surface area contributed by atoms with Crippen molar-refractivity contribution in [2.75, 3.05) is 24.7 Å². The number of hydrogen-bond donors (Lipinski definition) is 1. The molecule has 28 heavy (non-hydrogen) atoms. The second-order valence-electron chi connectivity index (χ2n) is 5.56. The Morgan fingerprint density at radius 1 is 1.18 bits per heavy atom. The first-order chi connectivity index (χ1) is 13.7. The van der Waals surface area contributed by atoms with Crippen molar-refractivity contribution in [3.05, 3.63) is 66.0 Å². The van der Waals surface area contributed by atoms with E-state index in [0.717, 1.165) is 5.56 Å². The van der Waals surface area contributed by atoms with Crippen molar-refractivity contribution in [1.82, 2.24) is 15.0 Å². The number of hydrogen-bond acceptors (Lipinski definition) is 8.